The van der Waals surface area contributed by atoms with E-state index in [1.165, 1.54) is 5.56 Å². The van der Waals surface area contributed by atoms with Crippen LogP contribution in [0.25, 0.3) is 0 Å². The number of esters is 1. The van der Waals surface area contributed by atoms with Gasteiger partial charge in [0, 0.05) is 18.1 Å². The van der Waals surface area contributed by atoms with Crippen molar-refractivity contribution in [2.45, 2.75) is 12.3 Å². The van der Waals surface area contributed by atoms with E-state index in [9.17, 15) is 4.79 Å². The number of likely N-dealkylation sites (tertiary alicyclic amines) is 1. The second-order valence-corrected chi connectivity index (χ2v) is 7.12. The number of hydrogen-bond donors (Lipinski definition) is 0. The maximum Gasteiger partial charge on any atom is 0.344 e. The van der Waals surface area contributed by atoms with E-state index in [1.807, 2.05) is 6.07 Å². The van der Waals surface area contributed by atoms with Crippen LogP contribution in [0.15, 0.2) is 48.5 Å². The molecule has 1 unspecified atom stereocenters. The smallest absolute Gasteiger partial charge is 0.344 e. The Bertz CT molecular complexity index is 743. The number of rotatable bonds is 7. The first-order chi connectivity index (χ1) is 12.6. The molecular formula is C20H22Cl3NO3. The molecule has 0 saturated carbocycles. The van der Waals surface area contributed by atoms with Gasteiger partial charge in [0.05, 0.1) is 5.02 Å². The van der Waals surface area contributed by atoms with Gasteiger partial charge in [0.15, 0.2) is 6.61 Å². The standard InChI is InChI=1S/C20H21Cl2NO3.ClH/c21-17-6-7-19(18(22)12-17)26-14-20(24)25-11-10-23-9-8-16(13-23)15-4-2-1-3-5-15;/h1-7,12,16H,8-11,13-14H2;1H. The van der Waals surface area contributed by atoms with E-state index >= 15 is 0 Å². The molecule has 0 bridgehead atoms. The van der Waals surface area contributed by atoms with Gasteiger partial charge >= 0.3 is 5.97 Å². The first kappa shape index (κ1) is 21.8. The highest BCUT2D eigenvalue weighted by Crippen LogP contribution is 2.28. The summed E-state index contributed by atoms with van der Waals surface area (Å²) in [6.45, 7) is 2.94. The van der Waals surface area contributed by atoms with Crippen LogP contribution in [-0.4, -0.2) is 43.7 Å². The molecule has 0 aliphatic carbocycles. The monoisotopic (exact) mass is 429 g/mol. The third-order valence-electron chi connectivity index (χ3n) is 4.45. The topological polar surface area (TPSA) is 38.8 Å². The lowest BCUT2D eigenvalue weighted by atomic mass is 9.99. The minimum absolute atomic E-state index is 0. The Morgan fingerprint density at radius 2 is 1.93 bits per heavy atom. The fraction of sp³-hybridized carbons (Fsp3) is 0.350. The van der Waals surface area contributed by atoms with Crippen LogP contribution >= 0.6 is 35.6 Å². The molecule has 146 valence electrons. The van der Waals surface area contributed by atoms with Gasteiger partial charge in [-0.1, -0.05) is 53.5 Å². The Morgan fingerprint density at radius 1 is 1.15 bits per heavy atom. The quantitative estimate of drug-likeness (QED) is 0.590. The van der Waals surface area contributed by atoms with Crippen molar-refractivity contribution < 1.29 is 14.3 Å². The van der Waals surface area contributed by atoms with Crippen molar-refractivity contribution in [3.63, 3.8) is 0 Å². The predicted octanol–water partition coefficient (Wildman–Crippen LogP) is 4.83. The number of carbonyl (C=O) groups is 1. The Hall–Kier alpha value is -1.46. The Labute approximate surface area is 175 Å². The molecule has 1 heterocycles. The van der Waals surface area contributed by atoms with Gasteiger partial charge in [-0.05, 0) is 42.6 Å². The zero-order valence-electron chi connectivity index (χ0n) is 14.8. The van der Waals surface area contributed by atoms with Crippen LogP contribution in [-0.2, 0) is 9.53 Å². The molecule has 0 spiro atoms. The van der Waals surface area contributed by atoms with Crippen LogP contribution in [0, 0.1) is 0 Å². The molecule has 1 atom stereocenters. The van der Waals surface area contributed by atoms with Crippen LogP contribution in [0.1, 0.15) is 17.9 Å². The van der Waals surface area contributed by atoms with Crippen LogP contribution in [0.3, 0.4) is 0 Å². The van der Waals surface area contributed by atoms with Crippen molar-refractivity contribution in [3.05, 3.63) is 64.1 Å². The molecule has 2 aromatic rings. The van der Waals surface area contributed by atoms with Crippen molar-refractivity contribution in [1.29, 1.82) is 0 Å². The number of benzene rings is 2. The van der Waals surface area contributed by atoms with Gasteiger partial charge in [0.1, 0.15) is 12.4 Å². The summed E-state index contributed by atoms with van der Waals surface area (Å²) in [5.74, 6) is 0.565. The van der Waals surface area contributed by atoms with Crippen molar-refractivity contribution in [2.24, 2.45) is 0 Å². The zero-order valence-corrected chi connectivity index (χ0v) is 17.1. The molecule has 3 rings (SSSR count). The summed E-state index contributed by atoms with van der Waals surface area (Å²) in [6.07, 6.45) is 1.14. The molecule has 7 heteroatoms. The minimum Gasteiger partial charge on any atom is -0.480 e. The second kappa shape index (κ2) is 10.8. The van der Waals surface area contributed by atoms with Crippen molar-refractivity contribution in [2.75, 3.05) is 32.8 Å². The van der Waals surface area contributed by atoms with Crippen molar-refractivity contribution >= 4 is 41.6 Å². The summed E-state index contributed by atoms with van der Waals surface area (Å²) >= 11 is 11.8. The summed E-state index contributed by atoms with van der Waals surface area (Å²) in [5, 5.41) is 0.888. The Balaban J connectivity index is 0.00000261. The van der Waals surface area contributed by atoms with Crippen LogP contribution < -0.4 is 4.74 Å². The molecular weight excluding hydrogens is 409 g/mol. The molecule has 0 aromatic heterocycles. The third kappa shape index (κ3) is 6.58. The molecule has 1 saturated heterocycles. The molecule has 4 nitrogen and oxygen atoms in total. The van der Waals surface area contributed by atoms with E-state index in [0.29, 0.717) is 28.3 Å². The zero-order chi connectivity index (χ0) is 18.4. The first-order valence-corrected chi connectivity index (χ1v) is 9.38. The van der Waals surface area contributed by atoms with Gasteiger partial charge in [0.25, 0.3) is 0 Å². The van der Waals surface area contributed by atoms with Crippen molar-refractivity contribution in [3.8, 4) is 5.75 Å². The lowest BCUT2D eigenvalue weighted by Gasteiger charge is -2.16. The van der Waals surface area contributed by atoms with Gasteiger partial charge in [0.2, 0.25) is 0 Å². The second-order valence-electron chi connectivity index (χ2n) is 6.28. The molecule has 1 aliphatic rings. The molecule has 2 aromatic carbocycles. The largest absolute Gasteiger partial charge is 0.480 e. The fourth-order valence-corrected chi connectivity index (χ4v) is 3.56. The summed E-state index contributed by atoms with van der Waals surface area (Å²) in [6, 6.07) is 15.4. The highest BCUT2D eigenvalue weighted by Gasteiger charge is 2.23. The maximum absolute atomic E-state index is 11.8. The fourth-order valence-electron chi connectivity index (χ4n) is 3.09. The van der Waals surface area contributed by atoms with Gasteiger partial charge in [-0.15, -0.1) is 12.4 Å². The molecule has 1 fully saturated rings. The number of nitrogens with zero attached hydrogens (tertiary/aromatic N) is 1. The van der Waals surface area contributed by atoms with Gasteiger partial charge in [-0.25, -0.2) is 4.79 Å². The number of halogens is 3. The van der Waals surface area contributed by atoms with Gasteiger partial charge in [-0.3, -0.25) is 4.90 Å². The molecule has 0 radical (unpaired) electrons. The summed E-state index contributed by atoms with van der Waals surface area (Å²) in [7, 11) is 0. The maximum atomic E-state index is 11.8. The third-order valence-corrected chi connectivity index (χ3v) is 4.98. The first-order valence-electron chi connectivity index (χ1n) is 8.62. The van der Waals surface area contributed by atoms with E-state index in [-0.39, 0.29) is 19.0 Å². The normalized spacial score (nSPS) is 16.6. The molecule has 1 aliphatic heterocycles. The molecule has 27 heavy (non-hydrogen) atoms. The number of carbonyl (C=O) groups excluding carboxylic acids is 1. The summed E-state index contributed by atoms with van der Waals surface area (Å²) in [4.78, 5) is 14.1. The van der Waals surface area contributed by atoms with Crippen LogP contribution in [0.2, 0.25) is 10.0 Å². The average Bonchev–Trinajstić information content (AvgIpc) is 3.11. The lowest BCUT2D eigenvalue weighted by Crippen LogP contribution is -2.27. The van der Waals surface area contributed by atoms with Crippen LogP contribution in [0.4, 0.5) is 0 Å². The van der Waals surface area contributed by atoms with Crippen molar-refractivity contribution in [1.82, 2.24) is 4.90 Å². The van der Waals surface area contributed by atoms with E-state index in [4.69, 9.17) is 32.7 Å². The number of ether oxygens (including phenoxy) is 2. The minimum atomic E-state index is -0.408. The average molecular weight is 431 g/mol. The van der Waals surface area contributed by atoms with E-state index in [0.717, 1.165) is 26.1 Å². The lowest BCUT2D eigenvalue weighted by molar-refractivity contribution is -0.146. The van der Waals surface area contributed by atoms with Gasteiger partial charge in [-0.2, -0.15) is 0 Å². The molecule has 0 N–H and O–H groups in total. The van der Waals surface area contributed by atoms with E-state index in [1.54, 1.807) is 18.2 Å². The number of hydrogen-bond acceptors (Lipinski definition) is 4. The Kier molecular flexibility index (Phi) is 8.71. The van der Waals surface area contributed by atoms with Crippen LogP contribution in [0.5, 0.6) is 5.75 Å². The highest BCUT2D eigenvalue weighted by molar-refractivity contribution is 6.35. The van der Waals surface area contributed by atoms with Gasteiger partial charge < -0.3 is 9.47 Å². The highest BCUT2D eigenvalue weighted by atomic mass is 35.5. The van der Waals surface area contributed by atoms with E-state index < -0.39 is 5.97 Å². The van der Waals surface area contributed by atoms with E-state index in [2.05, 4.69) is 29.2 Å². The SMILES string of the molecule is Cl.O=C(COc1ccc(Cl)cc1Cl)OCCN1CCC(c2ccccc2)C1. The summed E-state index contributed by atoms with van der Waals surface area (Å²) < 4.78 is 10.6. The summed E-state index contributed by atoms with van der Waals surface area (Å²) in [5.41, 5.74) is 1.38. The molecule has 0 amide bonds. The predicted molar refractivity (Wildman–Crippen MR) is 110 cm³/mol. The Morgan fingerprint density at radius 3 is 2.67 bits per heavy atom.